The summed E-state index contributed by atoms with van der Waals surface area (Å²) in [7, 11) is 1.89. The van der Waals surface area contributed by atoms with E-state index in [2.05, 4.69) is 29.4 Å². The molecule has 0 atom stereocenters. The average Bonchev–Trinajstić information content (AvgIpc) is 2.04. The Morgan fingerprint density at radius 3 is 2.64 bits per heavy atom. The number of nitrogens with one attached hydrogen (secondary N) is 1. The zero-order chi connectivity index (χ0) is 8.27. The molecule has 0 bridgehead atoms. The molecule has 0 saturated heterocycles. The topological polar surface area (TPSA) is 37.8 Å². The first-order valence-electron chi connectivity index (χ1n) is 3.75. The molecule has 0 amide bonds. The fourth-order valence-corrected chi connectivity index (χ4v) is 0.981. The summed E-state index contributed by atoms with van der Waals surface area (Å²) in [5.41, 5.74) is 2.09. The van der Waals surface area contributed by atoms with Crippen molar-refractivity contribution in [2.24, 2.45) is 0 Å². The highest BCUT2D eigenvalue weighted by Crippen LogP contribution is 2.18. The lowest BCUT2D eigenvalue weighted by atomic mass is 10.1. The molecule has 60 valence electrons. The SMILES string of the molecule is CNc1ccnnc1C(C)C. The Morgan fingerprint density at radius 1 is 1.45 bits per heavy atom. The molecule has 1 rings (SSSR count). The summed E-state index contributed by atoms with van der Waals surface area (Å²) < 4.78 is 0. The lowest BCUT2D eigenvalue weighted by molar-refractivity contribution is 0.788. The molecule has 0 aliphatic carbocycles. The van der Waals surface area contributed by atoms with Crippen LogP contribution < -0.4 is 5.32 Å². The predicted molar refractivity (Wildman–Crippen MR) is 45.7 cm³/mol. The van der Waals surface area contributed by atoms with Crippen LogP contribution in [0.25, 0.3) is 0 Å². The van der Waals surface area contributed by atoms with E-state index in [1.165, 1.54) is 0 Å². The van der Waals surface area contributed by atoms with E-state index in [4.69, 9.17) is 0 Å². The summed E-state index contributed by atoms with van der Waals surface area (Å²) in [5.74, 6) is 0.422. The molecule has 3 nitrogen and oxygen atoms in total. The van der Waals surface area contributed by atoms with Crippen LogP contribution in [0.4, 0.5) is 5.69 Å². The van der Waals surface area contributed by atoms with Crippen LogP contribution in [0.1, 0.15) is 25.5 Å². The average molecular weight is 151 g/mol. The maximum absolute atomic E-state index is 4.04. The Morgan fingerprint density at radius 2 is 2.18 bits per heavy atom. The second-order valence-corrected chi connectivity index (χ2v) is 2.73. The van der Waals surface area contributed by atoms with E-state index in [1.54, 1.807) is 6.20 Å². The van der Waals surface area contributed by atoms with Crippen LogP contribution in [0.2, 0.25) is 0 Å². The Kier molecular flexibility index (Phi) is 2.41. The van der Waals surface area contributed by atoms with Crippen molar-refractivity contribution in [2.75, 3.05) is 12.4 Å². The minimum absolute atomic E-state index is 0.422. The van der Waals surface area contributed by atoms with E-state index in [0.29, 0.717) is 5.92 Å². The summed E-state index contributed by atoms with van der Waals surface area (Å²) in [4.78, 5) is 0. The second-order valence-electron chi connectivity index (χ2n) is 2.73. The fourth-order valence-electron chi connectivity index (χ4n) is 0.981. The number of nitrogens with zero attached hydrogens (tertiary/aromatic N) is 2. The van der Waals surface area contributed by atoms with Crippen molar-refractivity contribution in [3.8, 4) is 0 Å². The van der Waals surface area contributed by atoms with Crippen LogP contribution in [-0.4, -0.2) is 17.2 Å². The molecule has 1 N–H and O–H groups in total. The second kappa shape index (κ2) is 3.32. The first-order chi connectivity index (χ1) is 5.25. The number of anilines is 1. The van der Waals surface area contributed by atoms with Crippen molar-refractivity contribution < 1.29 is 0 Å². The maximum Gasteiger partial charge on any atom is 0.0887 e. The molecular formula is C8H13N3. The van der Waals surface area contributed by atoms with Gasteiger partial charge in [-0.1, -0.05) is 13.8 Å². The molecule has 11 heavy (non-hydrogen) atoms. The van der Waals surface area contributed by atoms with Gasteiger partial charge < -0.3 is 5.32 Å². The Labute approximate surface area is 66.8 Å². The molecule has 0 aliphatic heterocycles. The molecule has 0 spiro atoms. The lowest BCUT2D eigenvalue weighted by Crippen LogP contribution is -2.01. The Hall–Kier alpha value is -1.12. The number of hydrogen-bond acceptors (Lipinski definition) is 3. The van der Waals surface area contributed by atoms with Gasteiger partial charge in [0, 0.05) is 7.05 Å². The van der Waals surface area contributed by atoms with Crippen molar-refractivity contribution in [2.45, 2.75) is 19.8 Å². The fraction of sp³-hybridized carbons (Fsp3) is 0.500. The van der Waals surface area contributed by atoms with Gasteiger partial charge in [-0.2, -0.15) is 10.2 Å². The summed E-state index contributed by atoms with van der Waals surface area (Å²) in [6.07, 6.45) is 1.69. The van der Waals surface area contributed by atoms with E-state index in [-0.39, 0.29) is 0 Å². The number of hydrogen-bond donors (Lipinski definition) is 1. The summed E-state index contributed by atoms with van der Waals surface area (Å²) in [6.45, 7) is 4.20. The molecule has 0 radical (unpaired) electrons. The Balaban J connectivity index is 3.02. The van der Waals surface area contributed by atoms with Gasteiger partial charge in [0.25, 0.3) is 0 Å². The third kappa shape index (κ3) is 1.67. The third-order valence-electron chi connectivity index (χ3n) is 1.57. The maximum atomic E-state index is 4.04. The molecule has 1 heterocycles. The summed E-state index contributed by atoms with van der Waals surface area (Å²) >= 11 is 0. The lowest BCUT2D eigenvalue weighted by Gasteiger charge is -2.08. The molecular weight excluding hydrogens is 138 g/mol. The molecule has 1 aromatic heterocycles. The van der Waals surface area contributed by atoms with E-state index >= 15 is 0 Å². The van der Waals surface area contributed by atoms with Gasteiger partial charge >= 0.3 is 0 Å². The zero-order valence-corrected chi connectivity index (χ0v) is 7.13. The van der Waals surface area contributed by atoms with E-state index < -0.39 is 0 Å². The number of aromatic nitrogens is 2. The molecule has 1 aromatic rings. The van der Waals surface area contributed by atoms with Crippen molar-refractivity contribution in [1.29, 1.82) is 0 Å². The van der Waals surface area contributed by atoms with E-state index in [1.807, 2.05) is 13.1 Å². The minimum atomic E-state index is 0.422. The van der Waals surface area contributed by atoms with Crippen LogP contribution in [0.15, 0.2) is 12.3 Å². The quantitative estimate of drug-likeness (QED) is 0.698. The smallest absolute Gasteiger partial charge is 0.0887 e. The largest absolute Gasteiger partial charge is 0.387 e. The van der Waals surface area contributed by atoms with Crippen molar-refractivity contribution in [3.63, 3.8) is 0 Å². The van der Waals surface area contributed by atoms with Crippen LogP contribution in [0.5, 0.6) is 0 Å². The van der Waals surface area contributed by atoms with Crippen LogP contribution in [-0.2, 0) is 0 Å². The highest BCUT2D eigenvalue weighted by atomic mass is 15.1. The first-order valence-corrected chi connectivity index (χ1v) is 3.75. The monoisotopic (exact) mass is 151 g/mol. The van der Waals surface area contributed by atoms with Gasteiger partial charge in [0.05, 0.1) is 17.6 Å². The molecule has 0 fully saturated rings. The molecule has 0 unspecified atom stereocenters. The molecule has 0 saturated carbocycles. The van der Waals surface area contributed by atoms with Gasteiger partial charge in [-0.3, -0.25) is 0 Å². The van der Waals surface area contributed by atoms with Crippen LogP contribution >= 0.6 is 0 Å². The zero-order valence-electron chi connectivity index (χ0n) is 7.13. The summed E-state index contributed by atoms with van der Waals surface area (Å²) in [5, 5.41) is 10.9. The van der Waals surface area contributed by atoms with Crippen molar-refractivity contribution in [3.05, 3.63) is 18.0 Å². The number of rotatable bonds is 2. The Bertz CT molecular complexity index is 233. The van der Waals surface area contributed by atoms with Gasteiger partial charge in [0.1, 0.15) is 0 Å². The van der Waals surface area contributed by atoms with Crippen LogP contribution in [0, 0.1) is 0 Å². The molecule has 0 aliphatic rings. The summed E-state index contributed by atoms with van der Waals surface area (Å²) in [6, 6.07) is 1.93. The van der Waals surface area contributed by atoms with Crippen LogP contribution in [0.3, 0.4) is 0 Å². The van der Waals surface area contributed by atoms with Gasteiger partial charge in [0.15, 0.2) is 0 Å². The van der Waals surface area contributed by atoms with E-state index in [0.717, 1.165) is 11.4 Å². The minimum Gasteiger partial charge on any atom is -0.387 e. The first kappa shape index (κ1) is 7.98. The highest BCUT2D eigenvalue weighted by Gasteiger charge is 2.05. The van der Waals surface area contributed by atoms with Gasteiger partial charge in [0.2, 0.25) is 0 Å². The molecule has 0 aromatic carbocycles. The van der Waals surface area contributed by atoms with Crippen molar-refractivity contribution in [1.82, 2.24) is 10.2 Å². The standard InChI is InChI=1S/C8H13N3/c1-6(2)8-7(9-3)4-5-10-11-8/h4-6H,1-3H3,(H,9,10). The predicted octanol–water partition coefficient (Wildman–Crippen LogP) is 1.64. The highest BCUT2D eigenvalue weighted by molar-refractivity contribution is 5.46. The normalized spacial score (nSPS) is 10.2. The van der Waals surface area contributed by atoms with E-state index in [9.17, 15) is 0 Å². The van der Waals surface area contributed by atoms with Crippen molar-refractivity contribution >= 4 is 5.69 Å². The molecule has 3 heteroatoms. The van der Waals surface area contributed by atoms with Gasteiger partial charge in [-0.15, -0.1) is 0 Å². The van der Waals surface area contributed by atoms with Gasteiger partial charge in [-0.25, -0.2) is 0 Å². The third-order valence-corrected chi connectivity index (χ3v) is 1.57. The van der Waals surface area contributed by atoms with Gasteiger partial charge in [-0.05, 0) is 12.0 Å².